The number of pyridine rings is 1. The smallest absolute Gasteiger partial charge is 0.258 e. The first kappa shape index (κ1) is 17.7. The fourth-order valence-electron chi connectivity index (χ4n) is 3.01. The van der Waals surface area contributed by atoms with Gasteiger partial charge in [-0.1, -0.05) is 36.4 Å². The maximum absolute atomic E-state index is 12.1. The van der Waals surface area contributed by atoms with Crippen molar-refractivity contribution in [2.24, 2.45) is 7.05 Å². The van der Waals surface area contributed by atoms with Gasteiger partial charge in [-0.05, 0) is 41.1 Å². The van der Waals surface area contributed by atoms with E-state index in [-0.39, 0.29) is 12.5 Å². The van der Waals surface area contributed by atoms with E-state index in [1.807, 2.05) is 73.8 Å². The zero-order valence-corrected chi connectivity index (χ0v) is 15.5. The van der Waals surface area contributed by atoms with Crippen molar-refractivity contribution in [2.75, 3.05) is 6.61 Å². The normalized spacial score (nSPS) is 10.8. The molecule has 2 aromatic heterocycles. The van der Waals surface area contributed by atoms with Crippen molar-refractivity contribution in [3.8, 4) is 17.1 Å². The molecule has 0 saturated heterocycles. The van der Waals surface area contributed by atoms with Crippen LogP contribution in [0.4, 0.5) is 0 Å². The Labute approximate surface area is 162 Å². The van der Waals surface area contributed by atoms with E-state index in [1.165, 1.54) is 0 Å². The van der Waals surface area contributed by atoms with Gasteiger partial charge in [-0.2, -0.15) is 5.10 Å². The zero-order chi connectivity index (χ0) is 19.3. The number of fused-ring (bicyclic) bond motifs is 1. The van der Waals surface area contributed by atoms with Crippen molar-refractivity contribution in [1.82, 2.24) is 20.1 Å². The third kappa shape index (κ3) is 4.01. The van der Waals surface area contributed by atoms with Crippen LogP contribution in [0.2, 0.25) is 0 Å². The van der Waals surface area contributed by atoms with Crippen LogP contribution >= 0.6 is 0 Å². The average Bonchev–Trinajstić information content (AvgIpc) is 3.12. The van der Waals surface area contributed by atoms with Gasteiger partial charge in [0.25, 0.3) is 5.91 Å². The molecular formula is C22H20N4O2. The molecule has 4 aromatic rings. The molecule has 1 N–H and O–H groups in total. The first-order valence-electron chi connectivity index (χ1n) is 9.02. The third-order valence-electron chi connectivity index (χ3n) is 4.42. The molecule has 2 aromatic carbocycles. The number of hydrogen-bond acceptors (Lipinski definition) is 4. The fourth-order valence-corrected chi connectivity index (χ4v) is 3.01. The van der Waals surface area contributed by atoms with Crippen molar-refractivity contribution >= 4 is 16.7 Å². The summed E-state index contributed by atoms with van der Waals surface area (Å²) in [6.07, 6.45) is 1.74. The first-order chi connectivity index (χ1) is 13.7. The van der Waals surface area contributed by atoms with Crippen molar-refractivity contribution < 1.29 is 9.53 Å². The molecular weight excluding hydrogens is 352 g/mol. The lowest BCUT2D eigenvalue weighted by atomic mass is 10.1. The van der Waals surface area contributed by atoms with Crippen LogP contribution in [0.15, 0.2) is 72.9 Å². The minimum absolute atomic E-state index is 0.0434. The third-order valence-corrected chi connectivity index (χ3v) is 4.42. The van der Waals surface area contributed by atoms with E-state index in [1.54, 1.807) is 10.9 Å². The largest absolute Gasteiger partial charge is 0.484 e. The predicted molar refractivity (Wildman–Crippen MR) is 108 cm³/mol. The Kier molecular flexibility index (Phi) is 5.01. The lowest BCUT2D eigenvalue weighted by molar-refractivity contribution is -0.123. The van der Waals surface area contributed by atoms with E-state index in [0.717, 1.165) is 27.9 Å². The summed E-state index contributed by atoms with van der Waals surface area (Å²) in [5, 5.41) is 9.49. The summed E-state index contributed by atoms with van der Waals surface area (Å²) < 4.78 is 7.37. The summed E-state index contributed by atoms with van der Waals surface area (Å²) in [5.41, 5.74) is 2.51. The second-order valence-corrected chi connectivity index (χ2v) is 6.43. The van der Waals surface area contributed by atoms with Crippen LogP contribution in [0.25, 0.3) is 22.2 Å². The Bertz CT molecular complexity index is 1110. The number of hydrogen-bond donors (Lipinski definition) is 1. The molecule has 0 spiro atoms. The number of aromatic nitrogens is 3. The number of amides is 1. The number of benzene rings is 2. The Morgan fingerprint density at radius 3 is 2.68 bits per heavy atom. The summed E-state index contributed by atoms with van der Waals surface area (Å²) in [5.74, 6) is 0.474. The summed E-state index contributed by atoms with van der Waals surface area (Å²) in [6, 6.07) is 21.5. The molecule has 0 radical (unpaired) electrons. The van der Waals surface area contributed by atoms with E-state index in [0.29, 0.717) is 12.3 Å². The number of rotatable bonds is 6. The van der Waals surface area contributed by atoms with Gasteiger partial charge in [0.1, 0.15) is 5.75 Å². The monoisotopic (exact) mass is 372 g/mol. The van der Waals surface area contributed by atoms with Crippen molar-refractivity contribution in [3.05, 3.63) is 78.6 Å². The van der Waals surface area contributed by atoms with Crippen LogP contribution in [0.1, 0.15) is 5.69 Å². The number of carbonyl (C=O) groups is 1. The van der Waals surface area contributed by atoms with Gasteiger partial charge in [0.15, 0.2) is 6.61 Å². The highest BCUT2D eigenvalue weighted by molar-refractivity contribution is 5.84. The number of nitrogens with zero attached hydrogens (tertiary/aromatic N) is 3. The van der Waals surface area contributed by atoms with Crippen LogP contribution in [0.5, 0.6) is 5.75 Å². The quantitative estimate of drug-likeness (QED) is 0.564. The van der Waals surface area contributed by atoms with Gasteiger partial charge in [0.05, 0.1) is 23.6 Å². The molecule has 28 heavy (non-hydrogen) atoms. The predicted octanol–water partition coefficient (Wildman–Crippen LogP) is 3.33. The van der Waals surface area contributed by atoms with E-state index in [4.69, 9.17) is 4.74 Å². The van der Waals surface area contributed by atoms with Gasteiger partial charge < -0.3 is 10.1 Å². The topological polar surface area (TPSA) is 69.0 Å². The maximum Gasteiger partial charge on any atom is 0.258 e. The van der Waals surface area contributed by atoms with Gasteiger partial charge in [0.2, 0.25) is 0 Å². The second kappa shape index (κ2) is 7.92. The molecule has 0 bridgehead atoms. The standard InChI is InChI=1S/C22H20N4O2/c1-26-21(20-8-4-5-11-23-20)13-18(25-26)14-24-22(27)15-28-19-10-9-16-6-2-3-7-17(16)12-19/h2-13H,14-15H2,1H3,(H,24,27). The van der Waals surface area contributed by atoms with Crippen LogP contribution in [0, 0.1) is 0 Å². The molecule has 0 unspecified atom stereocenters. The highest BCUT2D eigenvalue weighted by Crippen LogP contribution is 2.20. The van der Waals surface area contributed by atoms with E-state index >= 15 is 0 Å². The highest BCUT2D eigenvalue weighted by atomic mass is 16.5. The molecule has 0 atom stereocenters. The summed E-state index contributed by atoms with van der Waals surface area (Å²) >= 11 is 0. The van der Waals surface area contributed by atoms with Gasteiger partial charge in [0, 0.05) is 13.2 Å². The number of aryl methyl sites for hydroxylation is 1. The van der Waals surface area contributed by atoms with Crippen LogP contribution in [0.3, 0.4) is 0 Å². The highest BCUT2D eigenvalue weighted by Gasteiger charge is 2.10. The van der Waals surface area contributed by atoms with E-state index in [9.17, 15) is 4.79 Å². The van der Waals surface area contributed by atoms with Crippen molar-refractivity contribution in [2.45, 2.75) is 6.54 Å². The zero-order valence-electron chi connectivity index (χ0n) is 15.5. The molecule has 6 heteroatoms. The van der Waals surface area contributed by atoms with Gasteiger partial charge in [-0.3, -0.25) is 14.5 Å². The number of nitrogens with one attached hydrogen (secondary N) is 1. The molecule has 0 aliphatic rings. The Morgan fingerprint density at radius 1 is 1.04 bits per heavy atom. The fraction of sp³-hybridized carbons (Fsp3) is 0.136. The molecule has 0 aliphatic carbocycles. The van der Waals surface area contributed by atoms with E-state index in [2.05, 4.69) is 15.4 Å². The van der Waals surface area contributed by atoms with Crippen molar-refractivity contribution in [1.29, 1.82) is 0 Å². The number of carbonyl (C=O) groups excluding carboxylic acids is 1. The van der Waals surface area contributed by atoms with Crippen LogP contribution in [-0.2, 0) is 18.4 Å². The second-order valence-electron chi connectivity index (χ2n) is 6.43. The van der Waals surface area contributed by atoms with Crippen molar-refractivity contribution in [3.63, 3.8) is 0 Å². The lowest BCUT2D eigenvalue weighted by Crippen LogP contribution is -2.28. The molecule has 0 fully saturated rings. The molecule has 0 saturated carbocycles. The molecule has 140 valence electrons. The Balaban J connectivity index is 1.33. The molecule has 4 rings (SSSR count). The Hall–Kier alpha value is -3.67. The van der Waals surface area contributed by atoms with E-state index < -0.39 is 0 Å². The molecule has 6 nitrogen and oxygen atoms in total. The minimum atomic E-state index is -0.196. The Morgan fingerprint density at radius 2 is 1.86 bits per heavy atom. The first-order valence-corrected chi connectivity index (χ1v) is 9.02. The van der Waals surface area contributed by atoms with Crippen LogP contribution < -0.4 is 10.1 Å². The molecule has 1 amide bonds. The summed E-state index contributed by atoms with van der Waals surface area (Å²) in [6.45, 7) is 0.291. The maximum atomic E-state index is 12.1. The molecule has 0 aliphatic heterocycles. The summed E-state index contributed by atoms with van der Waals surface area (Å²) in [7, 11) is 1.86. The summed E-state index contributed by atoms with van der Waals surface area (Å²) in [4.78, 5) is 16.5. The minimum Gasteiger partial charge on any atom is -0.484 e. The van der Waals surface area contributed by atoms with Gasteiger partial charge in [-0.25, -0.2) is 0 Å². The van der Waals surface area contributed by atoms with Gasteiger partial charge in [-0.15, -0.1) is 0 Å². The lowest BCUT2D eigenvalue weighted by Gasteiger charge is -2.07. The van der Waals surface area contributed by atoms with Gasteiger partial charge >= 0.3 is 0 Å². The molecule has 2 heterocycles. The van der Waals surface area contributed by atoms with Crippen LogP contribution in [-0.4, -0.2) is 27.3 Å². The average molecular weight is 372 g/mol. The SMILES string of the molecule is Cn1nc(CNC(=O)COc2ccc3ccccc3c2)cc1-c1ccccn1. The number of ether oxygens (including phenoxy) is 1.